The Balaban J connectivity index is 2.26. The van der Waals surface area contributed by atoms with Gasteiger partial charge in [-0.05, 0) is 19.1 Å². The molecule has 0 unspecified atom stereocenters. The molecule has 4 nitrogen and oxygen atoms in total. The molecule has 0 atom stereocenters. The molecule has 0 aliphatic rings. The molecule has 0 fully saturated rings. The van der Waals surface area contributed by atoms with Gasteiger partial charge in [0.2, 0.25) is 0 Å². The molecule has 2 aromatic heterocycles. The van der Waals surface area contributed by atoms with Crippen molar-refractivity contribution in [2.75, 3.05) is 5.73 Å². The fourth-order valence-corrected chi connectivity index (χ4v) is 2.26. The number of furan rings is 1. The Hall–Kier alpha value is -2.20. The molecule has 0 spiro atoms. The Morgan fingerprint density at radius 1 is 1.16 bits per heavy atom. The van der Waals surface area contributed by atoms with Crippen LogP contribution >= 0.6 is 11.6 Å². The van der Waals surface area contributed by atoms with Crippen molar-refractivity contribution in [3.63, 3.8) is 0 Å². The van der Waals surface area contributed by atoms with E-state index in [0.717, 1.165) is 16.9 Å². The molecule has 5 heteroatoms. The summed E-state index contributed by atoms with van der Waals surface area (Å²) in [7, 11) is 0. The monoisotopic (exact) mass is 274 g/mol. The van der Waals surface area contributed by atoms with Crippen molar-refractivity contribution in [2.45, 2.75) is 6.92 Å². The van der Waals surface area contributed by atoms with Gasteiger partial charge in [0.1, 0.15) is 5.76 Å². The maximum atomic E-state index is 6.21. The number of nitrogens with zero attached hydrogens (tertiary/aromatic N) is 1. The van der Waals surface area contributed by atoms with E-state index in [0.29, 0.717) is 22.2 Å². The summed E-state index contributed by atoms with van der Waals surface area (Å²) in [6, 6.07) is 9.24. The molecule has 0 aliphatic carbocycles. The maximum Gasteiger partial charge on any atom is 0.180 e. The Bertz CT molecular complexity index is 731. The third-order valence-corrected chi connectivity index (χ3v) is 3.29. The van der Waals surface area contributed by atoms with Crippen molar-refractivity contribution in [3.8, 4) is 22.5 Å². The summed E-state index contributed by atoms with van der Waals surface area (Å²) in [5.74, 6) is 1.62. The number of rotatable bonds is 2. The molecule has 19 heavy (non-hydrogen) atoms. The first kappa shape index (κ1) is 11.9. The van der Waals surface area contributed by atoms with Crippen LogP contribution in [0.5, 0.6) is 0 Å². The Morgan fingerprint density at radius 2 is 1.95 bits per heavy atom. The van der Waals surface area contributed by atoms with Gasteiger partial charge in [0, 0.05) is 10.6 Å². The fourth-order valence-electron chi connectivity index (χ4n) is 2.03. The van der Waals surface area contributed by atoms with Crippen LogP contribution in [0.3, 0.4) is 0 Å². The molecule has 0 radical (unpaired) electrons. The smallest absolute Gasteiger partial charge is 0.180 e. The van der Waals surface area contributed by atoms with Gasteiger partial charge in [0.05, 0.1) is 17.4 Å². The number of hydrogen-bond donors (Lipinski definition) is 1. The minimum absolute atomic E-state index is 0.309. The van der Waals surface area contributed by atoms with Gasteiger partial charge in [0.25, 0.3) is 0 Å². The van der Waals surface area contributed by atoms with Gasteiger partial charge in [-0.1, -0.05) is 35.0 Å². The van der Waals surface area contributed by atoms with Crippen molar-refractivity contribution in [3.05, 3.63) is 47.4 Å². The first-order chi connectivity index (χ1) is 9.18. The maximum absolute atomic E-state index is 6.21. The van der Waals surface area contributed by atoms with Crippen molar-refractivity contribution in [1.82, 2.24) is 5.16 Å². The van der Waals surface area contributed by atoms with Crippen LogP contribution < -0.4 is 5.73 Å². The van der Waals surface area contributed by atoms with E-state index in [1.54, 1.807) is 12.3 Å². The molecule has 1 aromatic carbocycles. The van der Waals surface area contributed by atoms with Crippen LogP contribution in [0.15, 0.2) is 45.5 Å². The lowest BCUT2D eigenvalue weighted by Crippen LogP contribution is -1.89. The quantitative estimate of drug-likeness (QED) is 0.762. The third kappa shape index (κ3) is 1.90. The van der Waals surface area contributed by atoms with Crippen molar-refractivity contribution in [2.24, 2.45) is 0 Å². The van der Waals surface area contributed by atoms with E-state index < -0.39 is 0 Å². The minimum atomic E-state index is 0.309. The summed E-state index contributed by atoms with van der Waals surface area (Å²) in [5.41, 5.74) is 8.20. The molecule has 96 valence electrons. The van der Waals surface area contributed by atoms with Crippen LogP contribution in [0.2, 0.25) is 5.02 Å². The van der Waals surface area contributed by atoms with Crippen LogP contribution in [-0.2, 0) is 0 Å². The summed E-state index contributed by atoms with van der Waals surface area (Å²) < 4.78 is 10.6. The third-order valence-electron chi connectivity index (χ3n) is 2.97. The lowest BCUT2D eigenvalue weighted by molar-refractivity contribution is 0.434. The number of anilines is 1. The van der Waals surface area contributed by atoms with Gasteiger partial charge in [0.15, 0.2) is 11.6 Å². The average Bonchev–Trinajstić information content (AvgIpc) is 2.96. The second-order valence-corrected chi connectivity index (χ2v) is 4.55. The van der Waals surface area contributed by atoms with E-state index in [1.165, 1.54) is 0 Å². The second-order valence-electron chi connectivity index (χ2n) is 4.14. The van der Waals surface area contributed by atoms with Crippen LogP contribution in [0.1, 0.15) is 5.76 Å². The van der Waals surface area contributed by atoms with Crippen LogP contribution in [0.4, 0.5) is 5.82 Å². The fraction of sp³-hybridized carbons (Fsp3) is 0.0714. The highest BCUT2D eigenvalue weighted by atomic mass is 35.5. The number of aryl methyl sites for hydroxylation is 1. The largest absolute Gasteiger partial charge is 0.469 e. The molecule has 3 rings (SSSR count). The summed E-state index contributed by atoms with van der Waals surface area (Å²) in [6.07, 6.45) is 1.60. The van der Waals surface area contributed by atoms with Crippen LogP contribution in [0, 0.1) is 6.92 Å². The topological polar surface area (TPSA) is 65.2 Å². The number of nitrogen functional groups attached to an aromatic ring is 1. The van der Waals surface area contributed by atoms with Crippen molar-refractivity contribution in [1.29, 1.82) is 0 Å². The molecule has 2 heterocycles. The number of halogens is 1. The lowest BCUT2D eigenvalue weighted by Gasteiger charge is -2.04. The van der Waals surface area contributed by atoms with Gasteiger partial charge in [-0.25, -0.2) is 0 Å². The van der Waals surface area contributed by atoms with Crippen molar-refractivity contribution < 1.29 is 8.94 Å². The van der Waals surface area contributed by atoms with Crippen LogP contribution in [-0.4, -0.2) is 5.16 Å². The number of nitrogens with two attached hydrogens (primary N) is 1. The average molecular weight is 275 g/mol. The molecule has 2 N–H and O–H groups in total. The van der Waals surface area contributed by atoms with E-state index >= 15 is 0 Å². The zero-order chi connectivity index (χ0) is 13.4. The first-order valence-corrected chi connectivity index (χ1v) is 6.11. The normalized spacial score (nSPS) is 10.8. The summed E-state index contributed by atoms with van der Waals surface area (Å²) in [4.78, 5) is 0. The number of aromatic nitrogens is 1. The lowest BCUT2D eigenvalue weighted by atomic mass is 10.0. The van der Waals surface area contributed by atoms with E-state index in [2.05, 4.69) is 5.16 Å². The van der Waals surface area contributed by atoms with Gasteiger partial charge in [-0.15, -0.1) is 0 Å². The van der Waals surface area contributed by atoms with E-state index in [9.17, 15) is 0 Å². The Morgan fingerprint density at radius 3 is 2.63 bits per heavy atom. The number of benzene rings is 1. The molecule has 0 aliphatic heterocycles. The summed E-state index contributed by atoms with van der Waals surface area (Å²) >= 11 is 6.21. The molecule has 3 aromatic rings. The van der Waals surface area contributed by atoms with E-state index in [-0.39, 0.29) is 0 Å². The van der Waals surface area contributed by atoms with E-state index in [1.807, 2.05) is 31.2 Å². The SMILES string of the molecule is Cc1occc1-c1onc(N)c1-c1ccccc1Cl. The van der Waals surface area contributed by atoms with Crippen molar-refractivity contribution >= 4 is 17.4 Å². The van der Waals surface area contributed by atoms with Gasteiger partial charge in [-0.2, -0.15) is 0 Å². The molecule has 0 amide bonds. The van der Waals surface area contributed by atoms with Gasteiger partial charge >= 0.3 is 0 Å². The zero-order valence-electron chi connectivity index (χ0n) is 10.2. The Kier molecular flexibility index (Phi) is 2.80. The molecular weight excluding hydrogens is 264 g/mol. The standard InChI is InChI=1S/C14H11ClN2O2/c1-8-9(6-7-18-8)13-12(14(16)17-19-13)10-4-2-3-5-11(10)15/h2-7H,1H3,(H2,16,17). The molecule has 0 saturated heterocycles. The first-order valence-electron chi connectivity index (χ1n) is 5.73. The molecule has 0 saturated carbocycles. The highest BCUT2D eigenvalue weighted by Gasteiger charge is 2.21. The van der Waals surface area contributed by atoms with Gasteiger partial charge < -0.3 is 14.7 Å². The Labute approximate surface area is 114 Å². The second kappa shape index (κ2) is 4.48. The highest BCUT2D eigenvalue weighted by Crippen LogP contribution is 2.40. The predicted octanol–water partition coefficient (Wildman–Crippen LogP) is 4.15. The zero-order valence-corrected chi connectivity index (χ0v) is 10.9. The summed E-state index contributed by atoms with van der Waals surface area (Å²) in [6.45, 7) is 1.85. The minimum Gasteiger partial charge on any atom is -0.469 e. The number of hydrogen-bond acceptors (Lipinski definition) is 4. The van der Waals surface area contributed by atoms with E-state index in [4.69, 9.17) is 26.3 Å². The summed E-state index contributed by atoms with van der Waals surface area (Å²) in [5, 5.41) is 4.43. The van der Waals surface area contributed by atoms with Crippen LogP contribution in [0.25, 0.3) is 22.5 Å². The molecule has 0 bridgehead atoms. The van der Waals surface area contributed by atoms with Gasteiger partial charge in [-0.3, -0.25) is 0 Å². The molecular formula is C14H11ClN2O2. The predicted molar refractivity (Wildman–Crippen MR) is 73.8 cm³/mol. The highest BCUT2D eigenvalue weighted by molar-refractivity contribution is 6.33.